The van der Waals surface area contributed by atoms with Crippen LogP contribution < -0.4 is 11.1 Å². The lowest BCUT2D eigenvalue weighted by atomic mass is 9.99. The van der Waals surface area contributed by atoms with E-state index in [9.17, 15) is 19.5 Å². The summed E-state index contributed by atoms with van der Waals surface area (Å²) < 4.78 is 0. The molecular formula is C22H23N5O4. The predicted molar refractivity (Wildman–Crippen MR) is 112 cm³/mol. The van der Waals surface area contributed by atoms with E-state index in [-0.39, 0.29) is 6.42 Å². The maximum absolute atomic E-state index is 12.7. The Kier molecular flexibility index (Phi) is 6.82. The molecule has 4 N–H and O–H groups in total. The first-order chi connectivity index (χ1) is 14.9. The minimum Gasteiger partial charge on any atom is -0.465 e. The summed E-state index contributed by atoms with van der Waals surface area (Å²) in [4.78, 5) is 41.1. The average Bonchev–Trinajstić information content (AvgIpc) is 2.79. The molecule has 1 aromatic carbocycles. The van der Waals surface area contributed by atoms with Crippen LogP contribution in [-0.4, -0.2) is 51.5 Å². The lowest BCUT2D eigenvalue weighted by Gasteiger charge is -2.33. The standard InChI is InChI=1S/C22H23N5O4/c23-12-17-9-8-16(13-25-17)15-6-4-14(5-7-15)11-18(20(24)28)26-21(29)19-3-1-2-10-27(19)22(30)31/h4-9,13,18-19H,1-3,10-11H2,(H2,24,28)(H,26,29)(H,30,31)/t18-,19?/m0/s1. The van der Waals surface area contributed by atoms with Gasteiger partial charge in [-0.25, -0.2) is 9.78 Å². The Morgan fingerprint density at radius 2 is 1.90 bits per heavy atom. The zero-order chi connectivity index (χ0) is 22.4. The van der Waals surface area contributed by atoms with Gasteiger partial charge in [-0.1, -0.05) is 24.3 Å². The maximum Gasteiger partial charge on any atom is 0.407 e. The summed E-state index contributed by atoms with van der Waals surface area (Å²) in [5.41, 5.74) is 8.34. The predicted octanol–water partition coefficient (Wildman–Crippen LogP) is 1.67. The van der Waals surface area contributed by atoms with Crippen molar-refractivity contribution in [3.05, 3.63) is 53.9 Å². The number of nitriles is 1. The van der Waals surface area contributed by atoms with Crippen LogP contribution in [0.3, 0.4) is 0 Å². The highest BCUT2D eigenvalue weighted by Crippen LogP contribution is 2.20. The van der Waals surface area contributed by atoms with Crippen molar-refractivity contribution in [1.82, 2.24) is 15.2 Å². The van der Waals surface area contributed by atoms with Crippen molar-refractivity contribution in [2.24, 2.45) is 5.73 Å². The van der Waals surface area contributed by atoms with Gasteiger partial charge in [0.1, 0.15) is 23.8 Å². The van der Waals surface area contributed by atoms with Crippen molar-refractivity contribution < 1.29 is 19.5 Å². The number of nitrogens with one attached hydrogen (secondary N) is 1. The number of hydrogen-bond donors (Lipinski definition) is 3. The third-order valence-electron chi connectivity index (χ3n) is 5.32. The minimum absolute atomic E-state index is 0.187. The van der Waals surface area contributed by atoms with E-state index in [0.717, 1.165) is 28.0 Å². The van der Waals surface area contributed by atoms with Crippen molar-refractivity contribution in [1.29, 1.82) is 5.26 Å². The summed E-state index contributed by atoms with van der Waals surface area (Å²) in [5.74, 6) is -1.20. The van der Waals surface area contributed by atoms with Crippen molar-refractivity contribution in [3.8, 4) is 17.2 Å². The normalized spacial score (nSPS) is 16.7. The van der Waals surface area contributed by atoms with Crippen LogP contribution in [0.4, 0.5) is 4.79 Å². The molecule has 1 aliphatic heterocycles. The van der Waals surface area contributed by atoms with Crippen LogP contribution in [0.5, 0.6) is 0 Å². The zero-order valence-electron chi connectivity index (χ0n) is 16.8. The number of aromatic nitrogens is 1. The Bertz CT molecular complexity index is 998. The van der Waals surface area contributed by atoms with Gasteiger partial charge in [-0.2, -0.15) is 5.26 Å². The van der Waals surface area contributed by atoms with Gasteiger partial charge in [0.25, 0.3) is 0 Å². The summed E-state index contributed by atoms with van der Waals surface area (Å²) in [5, 5.41) is 20.8. The number of carbonyl (C=O) groups excluding carboxylic acids is 2. The molecule has 9 heteroatoms. The van der Waals surface area contributed by atoms with E-state index in [1.165, 1.54) is 0 Å². The number of hydrogen-bond acceptors (Lipinski definition) is 5. The number of nitrogens with zero attached hydrogens (tertiary/aromatic N) is 3. The molecule has 2 atom stereocenters. The van der Waals surface area contributed by atoms with E-state index < -0.39 is 30.0 Å². The monoisotopic (exact) mass is 421 g/mol. The second-order valence-corrected chi connectivity index (χ2v) is 7.40. The van der Waals surface area contributed by atoms with Crippen LogP contribution in [0.2, 0.25) is 0 Å². The maximum atomic E-state index is 12.7. The van der Waals surface area contributed by atoms with Crippen molar-refractivity contribution in [3.63, 3.8) is 0 Å². The van der Waals surface area contributed by atoms with Gasteiger partial charge in [-0.15, -0.1) is 0 Å². The fourth-order valence-corrected chi connectivity index (χ4v) is 3.62. The number of likely N-dealkylation sites (tertiary alicyclic amines) is 1. The van der Waals surface area contributed by atoms with Gasteiger partial charge >= 0.3 is 6.09 Å². The average molecular weight is 421 g/mol. The Balaban J connectivity index is 1.68. The third kappa shape index (κ3) is 5.36. The van der Waals surface area contributed by atoms with E-state index in [0.29, 0.717) is 25.1 Å². The molecule has 0 aliphatic carbocycles. The molecule has 0 bridgehead atoms. The van der Waals surface area contributed by atoms with Crippen molar-refractivity contribution >= 4 is 17.9 Å². The highest BCUT2D eigenvalue weighted by atomic mass is 16.4. The first-order valence-electron chi connectivity index (χ1n) is 9.93. The molecular weight excluding hydrogens is 398 g/mol. The Morgan fingerprint density at radius 1 is 1.19 bits per heavy atom. The molecule has 3 amide bonds. The van der Waals surface area contributed by atoms with Crippen LogP contribution in [0.15, 0.2) is 42.6 Å². The lowest BCUT2D eigenvalue weighted by Crippen LogP contribution is -2.56. The van der Waals surface area contributed by atoms with Crippen molar-refractivity contribution in [2.45, 2.75) is 37.8 Å². The Morgan fingerprint density at radius 3 is 2.48 bits per heavy atom. The molecule has 1 unspecified atom stereocenters. The smallest absolute Gasteiger partial charge is 0.407 e. The number of pyridine rings is 1. The second kappa shape index (κ2) is 9.71. The van der Waals surface area contributed by atoms with Crippen molar-refractivity contribution in [2.75, 3.05) is 6.54 Å². The van der Waals surface area contributed by atoms with Crippen LogP contribution in [-0.2, 0) is 16.0 Å². The minimum atomic E-state index is -1.15. The van der Waals surface area contributed by atoms with Gasteiger partial charge in [0.2, 0.25) is 11.8 Å². The van der Waals surface area contributed by atoms with Crippen LogP contribution in [0, 0.1) is 11.3 Å². The van der Waals surface area contributed by atoms with E-state index in [4.69, 9.17) is 11.0 Å². The van der Waals surface area contributed by atoms with Crippen LogP contribution in [0.25, 0.3) is 11.1 Å². The summed E-state index contributed by atoms with van der Waals surface area (Å²) in [7, 11) is 0. The number of nitrogens with two attached hydrogens (primary N) is 1. The molecule has 31 heavy (non-hydrogen) atoms. The molecule has 2 aromatic rings. The number of carbonyl (C=O) groups is 3. The molecule has 160 valence electrons. The Hall–Kier alpha value is -3.93. The lowest BCUT2D eigenvalue weighted by molar-refractivity contribution is -0.131. The first-order valence-corrected chi connectivity index (χ1v) is 9.93. The van der Waals surface area contributed by atoms with Gasteiger partial charge in [0.05, 0.1) is 0 Å². The topological polar surface area (TPSA) is 149 Å². The van der Waals surface area contributed by atoms with E-state index in [2.05, 4.69) is 10.3 Å². The molecule has 1 fully saturated rings. The number of rotatable bonds is 6. The molecule has 0 saturated carbocycles. The van der Waals surface area contributed by atoms with Gasteiger partial charge in [0.15, 0.2) is 0 Å². The SMILES string of the molecule is N#Cc1ccc(-c2ccc(C[C@H](NC(=O)C3CCCCN3C(=O)O)C(N)=O)cc2)cn1. The van der Waals surface area contributed by atoms with Gasteiger partial charge < -0.3 is 16.2 Å². The molecule has 1 aliphatic rings. The van der Waals surface area contributed by atoms with E-state index in [1.807, 2.05) is 30.3 Å². The zero-order valence-corrected chi connectivity index (χ0v) is 16.8. The number of piperidine rings is 1. The summed E-state index contributed by atoms with van der Waals surface area (Å²) in [6, 6.07) is 11.0. The molecule has 0 spiro atoms. The number of amides is 3. The highest BCUT2D eigenvalue weighted by molar-refractivity contribution is 5.90. The highest BCUT2D eigenvalue weighted by Gasteiger charge is 2.33. The molecule has 2 heterocycles. The van der Waals surface area contributed by atoms with Crippen LogP contribution in [0.1, 0.15) is 30.5 Å². The Labute approximate surface area is 179 Å². The number of benzene rings is 1. The number of primary amides is 1. The summed E-state index contributed by atoms with van der Waals surface area (Å²) >= 11 is 0. The van der Waals surface area contributed by atoms with Gasteiger partial charge in [-0.05, 0) is 42.5 Å². The van der Waals surface area contributed by atoms with E-state index in [1.54, 1.807) is 18.3 Å². The fourth-order valence-electron chi connectivity index (χ4n) is 3.62. The van der Waals surface area contributed by atoms with E-state index >= 15 is 0 Å². The molecule has 9 nitrogen and oxygen atoms in total. The summed E-state index contributed by atoms with van der Waals surface area (Å²) in [6.07, 6.45) is 2.51. The molecule has 1 aromatic heterocycles. The van der Waals surface area contributed by atoms with Gasteiger partial charge in [0, 0.05) is 24.7 Å². The largest absolute Gasteiger partial charge is 0.465 e. The fraction of sp³-hybridized carbons (Fsp3) is 0.318. The second-order valence-electron chi connectivity index (χ2n) is 7.40. The molecule has 0 radical (unpaired) electrons. The van der Waals surface area contributed by atoms with Crippen LogP contribution >= 0.6 is 0 Å². The first kappa shape index (κ1) is 21.8. The quantitative estimate of drug-likeness (QED) is 0.646. The number of carboxylic acid groups (broad SMARTS) is 1. The molecule has 3 rings (SSSR count). The van der Waals surface area contributed by atoms with Gasteiger partial charge in [-0.3, -0.25) is 14.5 Å². The summed E-state index contributed by atoms with van der Waals surface area (Å²) in [6.45, 7) is 0.292. The molecule has 1 saturated heterocycles. The third-order valence-corrected chi connectivity index (χ3v) is 5.32.